The molecule has 0 aromatic carbocycles. The zero-order valence-corrected chi connectivity index (χ0v) is 8.59. The van der Waals surface area contributed by atoms with Gasteiger partial charge in [0.15, 0.2) is 0 Å². The minimum atomic E-state index is -2.88. The van der Waals surface area contributed by atoms with Gasteiger partial charge < -0.3 is 10.2 Å². The van der Waals surface area contributed by atoms with Crippen LogP contribution in [0.4, 0.5) is 8.78 Å². The molecule has 1 atom stereocenters. The molecule has 0 spiro atoms. The Morgan fingerprint density at radius 2 is 2.13 bits per heavy atom. The van der Waals surface area contributed by atoms with Crippen LogP contribution in [0, 0.1) is 5.92 Å². The maximum atomic E-state index is 11.9. The minimum absolute atomic E-state index is 0.355. The molecule has 0 bridgehead atoms. The third kappa shape index (κ3) is 2.87. The van der Waals surface area contributed by atoms with Crippen LogP contribution in [0.25, 0.3) is 0 Å². The summed E-state index contributed by atoms with van der Waals surface area (Å²) < 4.78 is 23.8. The molecule has 1 saturated carbocycles. The van der Waals surface area contributed by atoms with E-state index in [4.69, 9.17) is 0 Å². The Kier molecular flexibility index (Phi) is 3.19. The van der Waals surface area contributed by atoms with E-state index in [-0.39, 0.29) is 0 Å². The molecule has 0 aromatic heterocycles. The Labute approximate surface area is 87.8 Å². The van der Waals surface area contributed by atoms with Crippen LogP contribution in [0.2, 0.25) is 0 Å². The highest BCUT2D eigenvalue weighted by Gasteiger charge is 2.34. The highest BCUT2D eigenvalue weighted by Crippen LogP contribution is 2.31. The summed E-state index contributed by atoms with van der Waals surface area (Å²) in [5.41, 5.74) is 0. The van der Waals surface area contributed by atoms with Gasteiger partial charge in [0.1, 0.15) is 0 Å². The molecule has 15 heavy (non-hydrogen) atoms. The molecular formula is C10H16F2N2O. The summed E-state index contributed by atoms with van der Waals surface area (Å²) in [7, 11) is 0. The molecule has 0 radical (unpaired) electrons. The lowest BCUT2D eigenvalue weighted by molar-refractivity contribution is -0.131. The van der Waals surface area contributed by atoms with Crippen molar-refractivity contribution in [2.24, 2.45) is 5.92 Å². The van der Waals surface area contributed by atoms with Gasteiger partial charge in [0.2, 0.25) is 0 Å². The first-order valence-corrected chi connectivity index (χ1v) is 5.46. The van der Waals surface area contributed by atoms with Gasteiger partial charge in [-0.2, -0.15) is 8.78 Å². The minimum Gasteiger partial charge on any atom is -0.351 e. The molecule has 86 valence electrons. The maximum Gasteiger partial charge on any atom is 0.315 e. The molecule has 1 amide bonds. The SMILES string of the molecule is O=C(NCC1CCN(C2CC2)C1)C(F)F. The zero-order chi connectivity index (χ0) is 10.8. The Morgan fingerprint density at radius 1 is 1.40 bits per heavy atom. The van der Waals surface area contributed by atoms with E-state index in [1.807, 2.05) is 0 Å². The van der Waals surface area contributed by atoms with Crippen LogP contribution in [0.3, 0.4) is 0 Å². The molecule has 1 saturated heterocycles. The van der Waals surface area contributed by atoms with Crippen molar-refractivity contribution in [1.82, 2.24) is 10.2 Å². The third-order valence-corrected chi connectivity index (χ3v) is 3.14. The molecule has 1 heterocycles. The van der Waals surface area contributed by atoms with Crippen molar-refractivity contribution >= 4 is 5.91 Å². The molecule has 1 N–H and O–H groups in total. The maximum absolute atomic E-state index is 11.9. The molecule has 3 nitrogen and oxygen atoms in total. The van der Waals surface area contributed by atoms with E-state index >= 15 is 0 Å². The first kappa shape index (κ1) is 10.8. The molecule has 2 rings (SSSR count). The van der Waals surface area contributed by atoms with Crippen molar-refractivity contribution in [3.8, 4) is 0 Å². The Balaban J connectivity index is 1.66. The van der Waals surface area contributed by atoms with Crippen LogP contribution in [0.15, 0.2) is 0 Å². The van der Waals surface area contributed by atoms with Crippen molar-refractivity contribution in [3.05, 3.63) is 0 Å². The van der Waals surface area contributed by atoms with Gasteiger partial charge in [0, 0.05) is 19.1 Å². The summed E-state index contributed by atoms with van der Waals surface area (Å²) in [6, 6.07) is 0.737. The summed E-state index contributed by atoms with van der Waals surface area (Å²) >= 11 is 0. The predicted molar refractivity (Wildman–Crippen MR) is 51.7 cm³/mol. The number of halogens is 2. The molecule has 1 unspecified atom stereocenters. The zero-order valence-electron chi connectivity index (χ0n) is 8.59. The highest BCUT2D eigenvalue weighted by atomic mass is 19.3. The summed E-state index contributed by atoms with van der Waals surface area (Å²) in [6.07, 6.45) is 0.678. The lowest BCUT2D eigenvalue weighted by Gasteiger charge is -2.14. The molecule has 5 heteroatoms. The molecule has 2 aliphatic rings. The van der Waals surface area contributed by atoms with Crippen LogP contribution in [-0.4, -0.2) is 42.9 Å². The summed E-state index contributed by atoms with van der Waals surface area (Å²) in [5, 5.41) is 2.29. The van der Waals surface area contributed by atoms with Gasteiger partial charge in [0.25, 0.3) is 5.91 Å². The molecule has 0 aromatic rings. The Bertz CT molecular complexity index is 244. The summed E-state index contributed by atoms with van der Waals surface area (Å²) in [4.78, 5) is 13.1. The second-order valence-corrected chi connectivity index (χ2v) is 4.43. The fourth-order valence-corrected chi connectivity index (χ4v) is 2.12. The van der Waals surface area contributed by atoms with Gasteiger partial charge in [-0.05, 0) is 31.7 Å². The fraction of sp³-hybridized carbons (Fsp3) is 0.900. The standard InChI is InChI=1S/C10H16F2N2O/c11-9(12)10(15)13-5-7-3-4-14(6-7)8-1-2-8/h7-9H,1-6H2,(H,13,15). The lowest BCUT2D eigenvalue weighted by atomic mass is 10.1. The van der Waals surface area contributed by atoms with Crippen molar-refractivity contribution in [2.75, 3.05) is 19.6 Å². The van der Waals surface area contributed by atoms with E-state index in [2.05, 4.69) is 10.2 Å². The average Bonchev–Trinajstić information content (AvgIpc) is 2.95. The van der Waals surface area contributed by atoms with Crippen LogP contribution < -0.4 is 5.32 Å². The predicted octanol–water partition coefficient (Wildman–Crippen LogP) is 0.852. The van der Waals surface area contributed by atoms with Gasteiger partial charge in [-0.25, -0.2) is 0 Å². The number of nitrogens with zero attached hydrogens (tertiary/aromatic N) is 1. The number of alkyl halides is 2. The van der Waals surface area contributed by atoms with Crippen molar-refractivity contribution in [2.45, 2.75) is 31.7 Å². The van der Waals surface area contributed by atoms with Gasteiger partial charge in [-0.15, -0.1) is 0 Å². The topological polar surface area (TPSA) is 32.3 Å². The number of rotatable bonds is 4. The van der Waals surface area contributed by atoms with E-state index in [0.717, 1.165) is 25.6 Å². The number of carbonyl (C=O) groups is 1. The van der Waals surface area contributed by atoms with Crippen molar-refractivity contribution < 1.29 is 13.6 Å². The number of carbonyl (C=O) groups excluding carboxylic acids is 1. The number of nitrogens with one attached hydrogen (secondary N) is 1. The number of amides is 1. The van der Waals surface area contributed by atoms with Gasteiger partial charge >= 0.3 is 6.43 Å². The first-order valence-electron chi connectivity index (χ1n) is 5.46. The number of likely N-dealkylation sites (tertiary alicyclic amines) is 1. The van der Waals surface area contributed by atoms with Crippen molar-refractivity contribution in [1.29, 1.82) is 0 Å². The number of hydrogen-bond donors (Lipinski definition) is 1. The molecule has 1 aliphatic carbocycles. The second kappa shape index (κ2) is 4.43. The smallest absolute Gasteiger partial charge is 0.315 e. The van der Waals surface area contributed by atoms with Gasteiger partial charge in [0.05, 0.1) is 0 Å². The first-order chi connectivity index (χ1) is 7.16. The van der Waals surface area contributed by atoms with Gasteiger partial charge in [-0.1, -0.05) is 0 Å². The van der Waals surface area contributed by atoms with E-state index in [1.165, 1.54) is 12.8 Å². The molecule has 2 fully saturated rings. The van der Waals surface area contributed by atoms with Crippen LogP contribution in [0.5, 0.6) is 0 Å². The van der Waals surface area contributed by atoms with E-state index in [0.29, 0.717) is 12.5 Å². The molecular weight excluding hydrogens is 202 g/mol. The van der Waals surface area contributed by atoms with Crippen LogP contribution in [0.1, 0.15) is 19.3 Å². The molecule has 1 aliphatic heterocycles. The second-order valence-electron chi connectivity index (χ2n) is 4.43. The lowest BCUT2D eigenvalue weighted by Crippen LogP contribution is -2.34. The monoisotopic (exact) mass is 218 g/mol. The van der Waals surface area contributed by atoms with E-state index in [9.17, 15) is 13.6 Å². The van der Waals surface area contributed by atoms with Crippen LogP contribution >= 0.6 is 0 Å². The van der Waals surface area contributed by atoms with Crippen LogP contribution in [-0.2, 0) is 4.79 Å². The summed E-state index contributed by atoms with van der Waals surface area (Å²) in [5.74, 6) is -0.784. The van der Waals surface area contributed by atoms with E-state index < -0.39 is 12.3 Å². The van der Waals surface area contributed by atoms with Crippen molar-refractivity contribution in [3.63, 3.8) is 0 Å². The summed E-state index contributed by atoms with van der Waals surface area (Å²) in [6.45, 7) is 2.40. The normalized spacial score (nSPS) is 27.3. The quantitative estimate of drug-likeness (QED) is 0.758. The average molecular weight is 218 g/mol. The van der Waals surface area contributed by atoms with Gasteiger partial charge in [-0.3, -0.25) is 4.79 Å². The Morgan fingerprint density at radius 3 is 2.73 bits per heavy atom. The number of hydrogen-bond acceptors (Lipinski definition) is 2. The Hall–Kier alpha value is -0.710. The largest absolute Gasteiger partial charge is 0.351 e. The highest BCUT2D eigenvalue weighted by molar-refractivity contribution is 5.79. The third-order valence-electron chi connectivity index (χ3n) is 3.14. The fourth-order valence-electron chi connectivity index (χ4n) is 2.12. The van der Waals surface area contributed by atoms with E-state index in [1.54, 1.807) is 0 Å².